The van der Waals surface area contributed by atoms with Gasteiger partial charge < -0.3 is 15.0 Å². The van der Waals surface area contributed by atoms with E-state index in [0.29, 0.717) is 12.6 Å². The summed E-state index contributed by atoms with van der Waals surface area (Å²) in [5, 5.41) is 3.74. The molecule has 0 radical (unpaired) electrons. The van der Waals surface area contributed by atoms with E-state index in [1.54, 1.807) is 0 Å². The number of ether oxygens (including phenoxy) is 1. The van der Waals surface area contributed by atoms with Crippen LogP contribution in [0, 0.1) is 0 Å². The maximum absolute atomic E-state index is 13.1. The molecule has 0 bridgehead atoms. The Morgan fingerprint density at radius 2 is 1.59 bits per heavy atom. The van der Waals surface area contributed by atoms with Crippen molar-refractivity contribution in [1.82, 2.24) is 5.32 Å². The number of para-hydroxylation sites is 1. The third-order valence-electron chi connectivity index (χ3n) is 6.85. The van der Waals surface area contributed by atoms with Crippen molar-refractivity contribution >= 4 is 11.6 Å². The number of morpholine rings is 1. The van der Waals surface area contributed by atoms with Gasteiger partial charge in [0.1, 0.15) is 5.60 Å². The summed E-state index contributed by atoms with van der Waals surface area (Å²) in [7, 11) is 0. The summed E-state index contributed by atoms with van der Waals surface area (Å²) in [5.74, 6) is 0.164. The lowest BCUT2D eigenvalue weighted by Crippen LogP contribution is -2.62. The van der Waals surface area contributed by atoms with E-state index in [2.05, 4.69) is 35.6 Å². The van der Waals surface area contributed by atoms with Gasteiger partial charge in [-0.1, -0.05) is 48.5 Å². The molecule has 2 saturated carbocycles. The van der Waals surface area contributed by atoms with Gasteiger partial charge in [0.25, 0.3) is 5.91 Å². The molecule has 3 aliphatic rings. The maximum atomic E-state index is 13.1. The molecular weight excluding hydrogens is 360 g/mol. The van der Waals surface area contributed by atoms with Gasteiger partial charge in [0, 0.05) is 11.7 Å². The Labute approximate surface area is 173 Å². The highest BCUT2D eigenvalue weighted by Crippen LogP contribution is 2.51. The van der Waals surface area contributed by atoms with Gasteiger partial charge in [-0.15, -0.1) is 0 Å². The molecule has 2 aromatic rings. The van der Waals surface area contributed by atoms with Crippen LogP contribution in [0.5, 0.6) is 0 Å². The predicted octanol–water partition coefficient (Wildman–Crippen LogP) is 4.10. The van der Waals surface area contributed by atoms with Crippen molar-refractivity contribution in [3.8, 4) is 0 Å². The van der Waals surface area contributed by atoms with E-state index in [1.807, 2.05) is 35.2 Å². The average Bonchev–Trinajstić information content (AvgIpc) is 3.54. The number of hydrogen-bond acceptors (Lipinski definition) is 3. The standard InChI is InChI=1S/C25H30N2O2/c28-23-25(16-17-25)29-24(19-27(23)22-9-5-2-6-10-22)14-11-21(12-15-24)26-18-13-20-7-3-1-4-8-20/h1-10,21,26H,11-19H2/t21-,24+. The first-order valence-electron chi connectivity index (χ1n) is 11.0. The second-order valence-electron chi connectivity index (χ2n) is 8.97. The summed E-state index contributed by atoms with van der Waals surface area (Å²) >= 11 is 0. The summed E-state index contributed by atoms with van der Waals surface area (Å²) in [6.45, 7) is 1.70. The SMILES string of the molecule is O=C1N(c2ccccc2)C[C@]2(CC[C@H](NCCc3ccccc3)CC2)OC12CC2. The van der Waals surface area contributed by atoms with E-state index in [-0.39, 0.29) is 11.5 Å². The molecule has 4 heteroatoms. The second-order valence-corrected chi connectivity index (χ2v) is 8.97. The molecule has 1 N–H and O–H groups in total. The minimum Gasteiger partial charge on any atom is -0.357 e. The highest BCUT2D eigenvalue weighted by molar-refractivity contribution is 6.02. The van der Waals surface area contributed by atoms with Crippen LogP contribution in [0.2, 0.25) is 0 Å². The van der Waals surface area contributed by atoms with Gasteiger partial charge >= 0.3 is 0 Å². The minimum atomic E-state index is -0.540. The number of carbonyl (C=O) groups is 1. The maximum Gasteiger partial charge on any atom is 0.259 e. The van der Waals surface area contributed by atoms with Crippen molar-refractivity contribution < 1.29 is 9.53 Å². The van der Waals surface area contributed by atoms with Crippen LogP contribution in [0.15, 0.2) is 60.7 Å². The first kappa shape index (κ1) is 18.8. The fourth-order valence-electron chi connectivity index (χ4n) is 5.02. The zero-order chi connectivity index (χ0) is 19.7. The highest BCUT2D eigenvalue weighted by atomic mass is 16.5. The van der Waals surface area contributed by atoms with Crippen molar-refractivity contribution in [2.45, 2.75) is 62.2 Å². The van der Waals surface area contributed by atoms with E-state index in [0.717, 1.165) is 57.2 Å². The van der Waals surface area contributed by atoms with E-state index in [9.17, 15) is 4.79 Å². The number of benzene rings is 2. The zero-order valence-electron chi connectivity index (χ0n) is 17.0. The van der Waals surface area contributed by atoms with Crippen LogP contribution >= 0.6 is 0 Å². The summed E-state index contributed by atoms with van der Waals surface area (Å²) in [4.78, 5) is 15.1. The molecular formula is C25H30N2O2. The van der Waals surface area contributed by atoms with Crippen LogP contribution in [0.3, 0.4) is 0 Å². The third kappa shape index (κ3) is 3.84. The molecule has 2 spiro atoms. The summed E-state index contributed by atoms with van der Waals surface area (Å²) in [5.41, 5.74) is 1.67. The van der Waals surface area contributed by atoms with E-state index >= 15 is 0 Å². The molecule has 1 amide bonds. The lowest BCUT2D eigenvalue weighted by Gasteiger charge is -2.49. The molecule has 3 fully saturated rings. The number of anilines is 1. The molecule has 4 nitrogen and oxygen atoms in total. The summed E-state index contributed by atoms with van der Waals surface area (Å²) in [6.07, 6.45) is 7.08. The van der Waals surface area contributed by atoms with Gasteiger partial charge in [0.2, 0.25) is 0 Å². The number of nitrogens with zero attached hydrogens (tertiary/aromatic N) is 1. The molecule has 29 heavy (non-hydrogen) atoms. The van der Waals surface area contributed by atoms with Crippen LogP contribution in [-0.2, 0) is 16.0 Å². The first-order chi connectivity index (χ1) is 14.2. The first-order valence-corrected chi connectivity index (χ1v) is 11.0. The number of amides is 1. The molecule has 1 aliphatic heterocycles. The lowest BCUT2D eigenvalue weighted by atomic mass is 9.80. The Kier molecular flexibility index (Phi) is 4.92. The van der Waals surface area contributed by atoms with Gasteiger partial charge in [-0.3, -0.25) is 4.79 Å². The fraction of sp³-hybridized carbons (Fsp3) is 0.480. The Morgan fingerprint density at radius 1 is 0.931 bits per heavy atom. The van der Waals surface area contributed by atoms with Crippen molar-refractivity contribution in [3.05, 3.63) is 66.2 Å². The Hall–Kier alpha value is -2.17. The smallest absolute Gasteiger partial charge is 0.259 e. The Bertz CT molecular complexity index is 840. The van der Waals surface area contributed by atoms with E-state index in [4.69, 9.17) is 4.74 Å². The average molecular weight is 391 g/mol. The molecule has 2 aliphatic carbocycles. The van der Waals surface area contributed by atoms with Gasteiger partial charge in [-0.2, -0.15) is 0 Å². The number of hydrogen-bond donors (Lipinski definition) is 1. The summed E-state index contributed by atoms with van der Waals surface area (Å²) < 4.78 is 6.58. The second kappa shape index (κ2) is 7.58. The van der Waals surface area contributed by atoms with Crippen LogP contribution in [-0.4, -0.2) is 36.2 Å². The largest absolute Gasteiger partial charge is 0.357 e. The third-order valence-corrected chi connectivity index (χ3v) is 6.85. The molecule has 0 atom stereocenters. The topological polar surface area (TPSA) is 41.6 Å². The van der Waals surface area contributed by atoms with Gasteiger partial charge in [-0.05, 0) is 69.2 Å². The molecule has 5 rings (SSSR count). The molecule has 1 heterocycles. The predicted molar refractivity (Wildman–Crippen MR) is 115 cm³/mol. The lowest BCUT2D eigenvalue weighted by molar-refractivity contribution is -0.169. The number of nitrogens with one attached hydrogen (secondary N) is 1. The van der Waals surface area contributed by atoms with Crippen LogP contribution in [0.25, 0.3) is 0 Å². The van der Waals surface area contributed by atoms with E-state index in [1.165, 1.54) is 5.56 Å². The quantitative estimate of drug-likeness (QED) is 0.836. The summed E-state index contributed by atoms with van der Waals surface area (Å²) in [6, 6.07) is 21.3. The number of carbonyl (C=O) groups excluding carboxylic acids is 1. The fourth-order valence-corrected chi connectivity index (χ4v) is 5.02. The molecule has 2 aromatic carbocycles. The van der Waals surface area contributed by atoms with Crippen LogP contribution < -0.4 is 10.2 Å². The number of rotatable bonds is 5. The van der Waals surface area contributed by atoms with E-state index < -0.39 is 5.60 Å². The molecule has 0 aromatic heterocycles. The molecule has 0 unspecified atom stereocenters. The highest BCUT2D eigenvalue weighted by Gasteiger charge is 2.62. The van der Waals surface area contributed by atoms with Crippen LogP contribution in [0.1, 0.15) is 44.1 Å². The monoisotopic (exact) mass is 390 g/mol. The van der Waals surface area contributed by atoms with Crippen molar-refractivity contribution in [3.63, 3.8) is 0 Å². The van der Waals surface area contributed by atoms with Gasteiger partial charge in [0.15, 0.2) is 0 Å². The Morgan fingerprint density at radius 3 is 2.24 bits per heavy atom. The molecule has 152 valence electrons. The van der Waals surface area contributed by atoms with Gasteiger partial charge in [-0.25, -0.2) is 0 Å². The van der Waals surface area contributed by atoms with Crippen molar-refractivity contribution in [2.24, 2.45) is 0 Å². The van der Waals surface area contributed by atoms with Crippen LogP contribution in [0.4, 0.5) is 5.69 Å². The Balaban J connectivity index is 1.21. The zero-order valence-corrected chi connectivity index (χ0v) is 17.0. The minimum absolute atomic E-state index is 0.164. The normalized spacial score (nSPS) is 28.1. The molecule has 1 saturated heterocycles. The van der Waals surface area contributed by atoms with Gasteiger partial charge in [0.05, 0.1) is 12.1 Å². The van der Waals surface area contributed by atoms with Crippen molar-refractivity contribution in [1.29, 1.82) is 0 Å². The van der Waals surface area contributed by atoms with Crippen molar-refractivity contribution in [2.75, 3.05) is 18.0 Å².